The molecule has 0 fully saturated rings. The number of carbonyl (C=O) groups is 3. The van der Waals surface area contributed by atoms with Crippen molar-refractivity contribution in [1.82, 2.24) is 10.6 Å². The van der Waals surface area contributed by atoms with Crippen LogP contribution in [0.1, 0.15) is 41.0 Å². The van der Waals surface area contributed by atoms with E-state index in [0.29, 0.717) is 11.4 Å². The highest BCUT2D eigenvalue weighted by atomic mass is 16.5. The molecule has 0 heterocycles. The molecule has 0 unspecified atom stereocenters. The molecule has 2 N–H and O–H groups in total. The molecule has 0 bridgehead atoms. The van der Waals surface area contributed by atoms with Gasteiger partial charge in [-0.05, 0) is 38.1 Å². The van der Waals surface area contributed by atoms with Crippen LogP contribution in [0.5, 0.6) is 5.75 Å². The fraction of sp³-hybridized carbons (Fsp3) is 0.526. The van der Waals surface area contributed by atoms with Gasteiger partial charge in [0.05, 0.1) is 6.42 Å². The molecule has 0 aromatic heterocycles. The predicted octanol–water partition coefficient (Wildman–Crippen LogP) is 2.70. The standard InChI is InChI=1S/C19H29N3O4/c1-13(2)21-18(25)22(6)14-7-9-15(10-8-14)26-16(23)11-12-20-17(24)19(3,4)5/h7-10,13H,11-12H2,1-6H3,(H,20,24)(H,21,25). The number of esters is 1. The van der Waals surface area contributed by atoms with E-state index in [1.165, 1.54) is 4.90 Å². The minimum absolute atomic E-state index is 0.0453. The lowest BCUT2D eigenvalue weighted by atomic mass is 9.96. The van der Waals surface area contributed by atoms with Crippen molar-refractivity contribution in [2.45, 2.75) is 47.1 Å². The minimum atomic E-state index is -0.492. The van der Waals surface area contributed by atoms with Crippen molar-refractivity contribution in [1.29, 1.82) is 0 Å². The monoisotopic (exact) mass is 363 g/mol. The zero-order chi connectivity index (χ0) is 19.9. The highest BCUT2D eigenvalue weighted by Gasteiger charge is 2.20. The number of nitrogens with one attached hydrogen (secondary N) is 2. The molecule has 0 saturated heterocycles. The first-order chi connectivity index (χ1) is 12.0. The van der Waals surface area contributed by atoms with Gasteiger partial charge in [0, 0.05) is 30.7 Å². The number of hydrogen-bond acceptors (Lipinski definition) is 4. The number of carbonyl (C=O) groups excluding carboxylic acids is 3. The number of benzene rings is 1. The van der Waals surface area contributed by atoms with Crippen molar-refractivity contribution < 1.29 is 19.1 Å². The van der Waals surface area contributed by atoms with Crippen LogP contribution in [0.15, 0.2) is 24.3 Å². The second-order valence-electron chi connectivity index (χ2n) is 7.39. The van der Waals surface area contributed by atoms with Crippen molar-refractivity contribution in [2.75, 3.05) is 18.5 Å². The molecule has 0 aliphatic heterocycles. The van der Waals surface area contributed by atoms with E-state index in [4.69, 9.17) is 4.74 Å². The van der Waals surface area contributed by atoms with E-state index < -0.39 is 11.4 Å². The summed E-state index contributed by atoms with van der Waals surface area (Å²) in [5.41, 5.74) is 0.188. The van der Waals surface area contributed by atoms with Crippen LogP contribution < -0.4 is 20.3 Å². The maximum atomic E-state index is 12.0. The third-order valence-electron chi connectivity index (χ3n) is 3.47. The molecule has 0 atom stereocenters. The molecular formula is C19H29N3O4. The predicted molar refractivity (Wildman–Crippen MR) is 101 cm³/mol. The summed E-state index contributed by atoms with van der Waals surface area (Å²) in [5, 5.41) is 5.50. The Bertz CT molecular complexity index is 633. The molecule has 144 valence electrons. The first-order valence-corrected chi connectivity index (χ1v) is 8.64. The largest absolute Gasteiger partial charge is 0.426 e. The number of amides is 3. The van der Waals surface area contributed by atoms with Crippen molar-refractivity contribution >= 4 is 23.6 Å². The van der Waals surface area contributed by atoms with Crippen LogP contribution >= 0.6 is 0 Å². The van der Waals surface area contributed by atoms with Crippen molar-refractivity contribution in [3.8, 4) is 5.75 Å². The number of nitrogens with zero attached hydrogens (tertiary/aromatic N) is 1. The fourth-order valence-electron chi connectivity index (χ4n) is 1.92. The van der Waals surface area contributed by atoms with E-state index in [1.807, 2.05) is 13.8 Å². The fourth-order valence-corrected chi connectivity index (χ4v) is 1.92. The van der Waals surface area contributed by atoms with Gasteiger partial charge in [-0.2, -0.15) is 0 Å². The Morgan fingerprint density at radius 2 is 1.69 bits per heavy atom. The maximum Gasteiger partial charge on any atom is 0.321 e. The van der Waals surface area contributed by atoms with Crippen molar-refractivity contribution in [3.05, 3.63) is 24.3 Å². The third-order valence-corrected chi connectivity index (χ3v) is 3.47. The molecule has 0 saturated carbocycles. The van der Waals surface area contributed by atoms with Gasteiger partial charge in [-0.3, -0.25) is 14.5 Å². The van der Waals surface area contributed by atoms with Gasteiger partial charge >= 0.3 is 12.0 Å². The number of rotatable bonds is 6. The summed E-state index contributed by atoms with van der Waals surface area (Å²) >= 11 is 0. The first-order valence-electron chi connectivity index (χ1n) is 8.64. The molecule has 1 aromatic rings. The Morgan fingerprint density at radius 3 is 2.19 bits per heavy atom. The summed E-state index contributed by atoms with van der Waals surface area (Å²) in [6, 6.07) is 6.48. The summed E-state index contributed by atoms with van der Waals surface area (Å²) in [4.78, 5) is 37.0. The highest BCUT2D eigenvalue weighted by Crippen LogP contribution is 2.19. The van der Waals surface area contributed by atoms with Gasteiger partial charge in [0.15, 0.2) is 0 Å². The van der Waals surface area contributed by atoms with E-state index in [2.05, 4.69) is 10.6 Å². The Balaban J connectivity index is 2.50. The number of anilines is 1. The minimum Gasteiger partial charge on any atom is -0.426 e. The van der Waals surface area contributed by atoms with Crippen LogP contribution in [-0.2, 0) is 9.59 Å². The highest BCUT2D eigenvalue weighted by molar-refractivity contribution is 5.91. The molecule has 0 spiro atoms. The smallest absolute Gasteiger partial charge is 0.321 e. The Morgan fingerprint density at radius 1 is 1.12 bits per heavy atom. The van der Waals surface area contributed by atoms with Gasteiger partial charge in [-0.1, -0.05) is 20.8 Å². The summed E-state index contributed by atoms with van der Waals surface area (Å²) in [6.45, 7) is 9.42. The van der Waals surface area contributed by atoms with E-state index in [-0.39, 0.29) is 30.9 Å². The van der Waals surface area contributed by atoms with Gasteiger partial charge in [0.1, 0.15) is 5.75 Å². The zero-order valence-electron chi connectivity index (χ0n) is 16.4. The van der Waals surface area contributed by atoms with E-state index in [9.17, 15) is 14.4 Å². The Labute approximate surface area is 155 Å². The van der Waals surface area contributed by atoms with Crippen LogP contribution in [0.2, 0.25) is 0 Å². The van der Waals surface area contributed by atoms with Gasteiger partial charge in [0.2, 0.25) is 5.91 Å². The van der Waals surface area contributed by atoms with Crippen LogP contribution in [0.3, 0.4) is 0 Å². The van der Waals surface area contributed by atoms with Crippen LogP contribution in [0.4, 0.5) is 10.5 Å². The molecule has 7 heteroatoms. The molecule has 26 heavy (non-hydrogen) atoms. The molecule has 1 rings (SSSR count). The lowest BCUT2D eigenvalue weighted by Gasteiger charge is -2.20. The molecule has 0 radical (unpaired) electrons. The maximum absolute atomic E-state index is 12.0. The first kappa shape index (κ1) is 21.5. The normalized spacial score (nSPS) is 11.0. The second-order valence-corrected chi connectivity index (χ2v) is 7.39. The molecular weight excluding hydrogens is 334 g/mol. The van der Waals surface area contributed by atoms with Gasteiger partial charge in [0.25, 0.3) is 0 Å². The third kappa shape index (κ3) is 7.13. The lowest BCUT2D eigenvalue weighted by molar-refractivity contribution is -0.134. The second kappa shape index (κ2) is 9.22. The molecule has 7 nitrogen and oxygen atoms in total. The topological polar surface area (TPSA) is 87.7 Å². The average molecular weight is 363 g/mol. The number of ether oxygens (including phenoxy) is 1. The molecule has 3 amide bonds. The zero-order valence-corrected chi connectivity index (χ0v) is 16.4. The van der Waals surface area contributed by atoms with Gasteiger partial charge in [-0.25, -0.2) is 4.79 Å². The quantitative estimate of drug-likeness (QED) is 0.601. The van der Waals surface area contributed by atoms with Crippen molar-refractivity contribution in [3.63, 3.8) is 0 Å². The van der Waals surface area contributed by atoms with E-state index >= 15 is 0 Å². The van der Waals surface area contributed by atoms with E-state index in [1.54, 1.807) is 52.1 Å². The summed E-state index contributed by atoms with van der Waals surface area (Å²) in [5.74, 6) is -0.159. The summed E-state index contributed by atoms with van der Waals surface area (Å²) in [6.07, 6.45) is 0.0836. The van der Waals surface area contributed by atoms with Gasteiger partial charge < -0.3 is 15.4 Å². The molecule has 1 aromatic carbocycles. The van der Waals surface area contributed by atoms with Crippen LogP contribution in [-0.4, -0.2) is 37.5 Å². The summed E-state index contributed by atoms with van der Waals surface area (Å²) < 4.78 is 5.23. The lowest BCUT2D eigenvalue weighted by Crippen LogP contribution is -2.40. The Kier molecular flexibility index (Phi) is 7.61. The van der Waals surface area contributed by atoms with Crippen LogP contribution in [0.25, 0.3) is 0 Å². The average Bonchev–Trinajstić information content (AvgIpc) is 2.53. The summed E-state index contributed by atoms with van der Waals surface area (Å²) in [7, 11) is 1.66. The molecule has 0 aliphatic carbocycles. The van der Waals surface area contributed by atoms with Crippen molar-refractivity contribution in [2.24, 2.45) is 5.41 Å². The van der Waals surface area contributed by atoms with Gasteiger partial charge in [-0.15, -0.1) is 0 Å². The number of urea groups is 1. The SMILES string of the molecule is CC(C)NC(=O)N(C)c1ccc(OC(=O)CCNC(=O)C(C)(C)C)cc1. The van der Waals surface area contributed by atoms with Crippen LogP contribution in [0, 0.1) is 5.41 Å². The van der Waals surface area contributed by atoms with E-state index in [0.717, 1.165) is 0 Å². The molecule has 0 aliphatic rings. The number of hydrogen-bond donors (Lipinski definition) is 2. The Hall–Kier alpha value is -2.57.